The first kappa shape index (κ1) is 21.8. The number of benzene rings is 1. The van der Waals surface area contributed by atoms with Crippen molar-refractivity contribution in [3.63, 3.8) is 0 Å². The van der Waals surface area contributed by atoms with Crippen molar-refractivity contribution in [2.45, 2.75) is 57.6 Å². The van der Waals surface area contributed by atoms with Gasteiger partial charge in [0.15, 0.2) is 8.32 Å². The van der Waals surface area contributed by atoms with Crippen molar-refractivity contribution in [1.82, 2.24) is 0 Å². The number of hydrogen-bond donors (Lipinski definition) is 1. The first-order chi connectivity index (χ1) is 12.5. The van der Waals surface area contributed by atoms with Crippen molar-refractivity contribution in [2.75, 3.05) is 18.1 Å². The quantitative estimate of drug-likeness (QED) is 0.619. The lowest BCUT2D eigenvalue weighted by Crippen LogP contribution is -2.41. The van der Waals surface area contributed by atoms with Gasteiger partial charge in [-0.3, -0.25) is 0 Å². The van der Waals surface area contributed by atoms with Crippen molar-refractivity contribution in [1.29, 1.82) is 0 Å². The molecule has 27 heavy (non-hydrogen) atoms. The number of halogens is 2. The minimum atomic E-state index is -1.96. The van der Waals surface area contributed by atoms with Crippen LogP contribution >= 0.6 is 0 Å². The van der Waals surface area contributed by atoms with E-state index in [9.17, 15) is 13.9 Å². The standard InChI is InChI=1S/C21H31F2NO2Si/c1-21(2,3)27(4,5)26-14-11-18(22)20(25)17-10-9-16(15-19(17)23)24-12-7-6-8-13-24/h6-10,12,15,18,20,25H,11,13-14H2,1-5H3. The Bertz CT molecular complexity index is 698. The van der Waals surface area contributed by atoms with Crippen LogP contribution in [0.5, 0.6) is 0 Å². The minimum Gasteiger partial charge on any atom is -0.417 e. The number of alkyl halides is 1. The zero-order chi connectivity index (χ0) is 20.2. The third-order valence-electron chi connectivity index (χ3n) is 5.45. The summed E-state index contributed by atoms with van der Waals surface area (Å²) in [7, 11) is -1.96. The van der Waals surface area contributed by atoms with Crippen molar-refractivity contribution in [3.8, 4) is 0 Å². The van der Waals surface area contributed by atoms with Gasteiger partial charge in [-0.05, 0) is 36.3 Å². The normalized spacial score (nSPS) is 17.3. The molecule has 0 aliphatic carbocycles. The van der Waals surface area contributed by atoms with Gasteiger partial charge in [0.05, 0.1) is 0 Å². The van der Waals surface area contributed by atoms with Gasteiger partial charge in [-0.25, -0.2) is 8.78 Å². The predicted octanol–water partition coefficient (Wildman–Crippen LogP) is 5.50. The average molecular weight is 396 g/mol. The average Bonchev–Trinajstić information content (AvgIpc) is 2.60. The fourth-order valence-corrected chi connectivity index (χ4v) is 3.65. The molecule has 0 spiro atoms. The largest absolute Gasteiger partial charge is 0.417 e. The van der Waals surface area contributed by atoms with Gasteiger partial charge in [-0.15, -0.1) is 0 Å². The van der Waals surface area contributed by atoms with Gasteiger partial charge in [0.25, 0.3) is 0 Å². The summed E-state index contributed by atoms with van der Waals surface area (Å²) in [5, 5.41) is 10.3. The Morgan fingerprint density at radius 3 is 2.52 bits per heavy atom. The maximum absolute atomic E-state index is 14.5. The zero-order valence-electron chi connectivity index (χ0n) is 16.9. The number of aliphatic hydroxyl groups is 1. The summed E-state index contributed by atoms with van der Waals surface area (Å²) in [5.41, 5.74) is 0.649. The topological polar surface area (TPSA) is 32.7 Å². The number of aliphatic hydroxyl groups excluding tert-OH is 1. The molecule has 0 fully saturated rings. The number of allylic oxidation sites excluding steroid dienone is 2. The molecule has 2 unspecified atom stereocenters. The smallest absolute Gasteiger partial charge is 0.191 e. The van der Waals surface area contributed by atoms with E-state index in [1.54, 1.807) is 6.07 Å². The highest BCUT2D eigenvalue weighted by molar-refractivity contribution is 6.74. The van der Waals surface area contributed by atoms with Crippen LogP contribution < -0.4 is 4.90 Å². The molecule has 0 saturated carbocycles. The highest BCUT2D eigenvalue weighted by atomic mass is 28.4. The van der Waals surface area contributed by atoms with Gasteiger partial charge in [-0.1, -0.05) is 39.0 Å². The zero-order valence-corrected chi connectivity index (χ0v) is 17.9. The molecule has 2 rings (SSSR count). The Morgan fingerprint density at radius 1 is 1.26 bits per heavy atom. The van der Waals surface area contributed by atoms with E-state index in [4.69, 9.17) is 4.43 Å². The van der Waals surface area contributed by atoms with E-state index in [0.29, 0.717) is 12.2 Å². The Morgan fingerprint density at radius 2 is 1.96 bits per heavy atom. The predicted molar refractivity (Wildman–Crippen MR) is 110 cm³/mol. The Kier molecular flexibility index (Phi) is 7.00. The van der Waals surface area contributed by atoms with Crippen molar-refractivity contribution < 1.29 is 18.3 Å². The maximum Gasteiger partial charge on any atom is 0.191 e. The summed E-state index contributed by atoms with van der Waals surface area (Å²) in [6.07, 6.45) is 4.55. The molecule has 6 heteroatoms. The van der Waals surface area contributed by atoms with Crippen LogP contribution in [-0.4, -0.2) is 32.7 Å². The van der Waals surface area contributed by atoms with Crippen LogP contribution in [0.1, 0.15) is 38.9 Å². The summed E-state index contributed by atoms with van der Waals surface area (Å²) in [5.74, 6) is -0.601. The monoisotopic (exact) mass is 395 g/mol. The van der Waals surface area contributed by atoms with Crippen LogP contribution in [-0.2, 0) is 4.43 Å². The Labute approximate surface area is 162 Å². The van der Waals surface area contributed by atoms with Crippen LogP contribution in [0, 0.1) is 5.82 Å². The molecule has 1 aromatic rings. The highest BCUT2D eigenvalue weighted by Gasteiger charge is 2.37. The number of nitrogens with zero attached hydrogens (tertiary/aromatic N) is 1. The van der Waals surface area contributed by atoms with Gasteiger partial charge in [-0.2, -0.15) is 0 Å². The SMILES string of the molecule is CC(C)(C)[Si](C)(C)OCCC(F)C(O)c1ccc(N2C=CC=CC2)cc1F. The fraction of sp³-hybridized carbons (Fsp3) is 0.524. The van der Waals surface area contributed by atoms with Crippen LogP contribution in [0.2, 0.25) is 18.1 Å². The maximum atomic E-state index is 14.5. The van der Waals surface area contributed by atoms with Crippen LogP contribution in [0.25, 0.3) is 0 Å². The van der Waals surface area contributed by atoms with E-state index in [1.165, 1.54) is 12.1 Å². The van der Waals surface area contributed by atoms with E-state index < -0.39 is 26.4 Å². The molecule has 0 amide bonds. The second kappa shape index (κ2) is 8.67. The van der Waals surface area contributed by atoms with Crippen LogP contribution in [0.3, 0.4) is 0 Å². The van der Waals surface area contributed by atoms with Gasteiger partial charge < -0.3 is 14.4 Å². The summed E-state index contributed by atoms with van der Waals surface area (Å²) in [6, 6.07) is 4.49. The molecule has 0 saturated heterocycles. The summed E-state index contributed by atoms with van der Waals surface area (Å²) < 4.78 is 34.9. The summed E-state index contributed by atoms with van der Waals surface area (Å²) in [6.45, 7) is 11.4. The van der Waals surface area contributed by atoms with Gasteiger partial charge in [0.1, 0.15) is 18.1 Å². The molecule has 1 aromatic carbocycles. The molecular weight excluding hydrogens is 364 g/mol. The Hall–Kier alpha value is -1.50. The number of hydrogen-bond acceptors (Lipinski definition) is 3. The molecule has 1 aliphatic heterocycles. The third-order valence-corrected chi connectivity index (χ3v) is 9.99. The second-order valence-electron chi connectivity index (χ2n) is 8.49. The minimum absolute atomic E-state index is 0.0184. The van der Waals surface area contributed by atoms with Gasteiger partial charge >= 0.3 is 0 Å². The molecule has 1 N–H and O–H groups in total. The summed E-state index contributed by atoms with van der Waals surface area (Å²) >= 11 is 0. The molecule has 0 bridgehead atoms. The fourth-order valence-electron chi connectivity index (χ4n) is 2.59. The number of anilines is 1. The molecule has 2 atom stereocenters. The lowest BCUT2D eigenvalue weighted by molar-refractivity contribution is 0.0592. The molecule has 0 aromatic heterocycles. The molecule has 3 nitrogen and oxygen atoms in total. The molecule has 0 radical (unpaired) electrons. The number of rotatable bonds is 7. The lowest BCUT2D eigenvalue weighted by atomic mass is 10.0. The summed E-state index contributed by atoms with van der Waals surface area (Å²) in [4.78, 5) is 1.87. The third kappa shape index (κ3) is 5.50. The van der Waals surface area contributed by atoms with Crippen molar-refractivity contribution in [2.24, 2.45) is 0 Å². The van der Waals surface area contributed by atoms with E-state index in [-0.39, 0.29) is 23.6 Å². The Balaban J connectivity index is 1.97. The lowest BCUT2D eigenvalue weighted by Gasteiger charge is -2.36. The highest BCUT2D eigenvalue weighted by Crippen LogP contribution is 2.37. The first-order valence-electron chi connectivity index (χ1n) is 9.38. The van der Waals surface area contributed by atoms with Gasteiger partial charge in [0, 0.05) is 37.0 Å². The van der Waals surface area contributed by atoms with Crippen LogP contribution in [0.4, 0.5) is 14.5 Å². The molecular formula is C21H31F2NO2Si. The molecule has 1 heterocycles. The van der Waals surface area contributed by atoms with E-state index in [1.807, 2.05) is 29.3 Å². The second-order valence-corrected chi connectivity index (χ2v) is 13.3. The van der Waals surface area contributed by atoms with Crippen LogP contribution in [0.15, 0.2) is 42.6 Å². The van der Waals surface area contributed by atoms with E-state index >= 15 is 0 Å². The molecule has 1 aliphatic rings. The van der Waals surface area contributed by atoms with Crippen molar-refractivity contribution in [3.05, 3.63) is 54.0 Å². The first-order valence-corrected chi connectivity index (χ1v) is 12.3. The van der Waals surface area contributed by atoms with E-state index in [2.05, 4.69) is 33.9 Å². The van der Waals surface area contributed by atoms with Crippen molar-refractivity contribution >= 4 is 14.0 Å². The molecule has 150 valence electrons. The van der Waals surface area contributed by atoms with E-state index in [0.717, 1.165) is 0 Å². The van der Waals surface area contributed by atoms with Gasteiger partial charge in [0.2, 0.25) is 0 Å².